The van der Waals surface area contributed by atoms with Gasteiger partial charge in [0.2, 0.25) is 0 Å². The van der Waals surface area contributed by atoms with Crippen LogP contribution in [0, 0.1) is 0 Å². The van der Waals surface area contributed by atoms with Crippen LogP contribution in [-0.4, -0.2) is 55.6 Å². The number of carbonyl (C=O) groups is 2. The maximum Gasteiger partial charge on any atom is 0.309 e. The highest BCUT2D eigenvalue weighted by Gasteiger charge is 2.28. The first-order valence-corrected chi connectivity index (χ1v) is 8.61. The molecule has 22 heavy (non-hydrogen) atoms. The summed E-state index contributed by atoms with van der Waals surface area (Å²) in [4.78, 5) is 25.9. The van der Waals surface area contributed by atoms with Crippen LogP contribution in [0.15, 0.2) is 16.8 Å². The number of morpholine rings is 1. The minimum atomic E-state index is -0.541. The number of nitrogens with zero attached hydrogens (tertiary/aromatic N) is 1. The fraction of sp³-hybridized carbons (Fsp3) is 0.600. The van der Waals surface area contributed by atoms with Crippen molar-refractivity contribution in [3.8, 4) is 0 Å². The number of nitrogens with one attached hydrogen (secondary N) is 2. The topological polar surface area (TPSA) is 70.7 Å². The van der Waals surface area contributed by atoms with Crippen molar-refractivity contribution in [1.82, 2.24) is 15.5 Å². The first kappa shape index (κ1) is 15.5. The Kier molecular flexibility index (Phi) is 5.07. The van der Waals surface area contributed by atoms with E-state index in [4.69, 9.17) is 4.74 Å². The molecule has 0 aromatic carbocycles. The highest BCUT2D eigenvalue weighted by molar-refractivity contribution is 7.07. The summed E-state index contributed by atoms with van der Waals surface area (Å²) < 4.78 is 5.39. The van der Waals surface area contributed by atoms with E-state index in [0.29, 0.717) is 19.8 Å². The number of hydrogen-bond acceptors (Lipinski definition) is 5. The van der Waals surface area contributed by atoms with Crippen LogP contribution in [-0.2, 0) is 14.3 Å². The van der Waals surface area contributed by atoms with Crippen LogP contribution >= 0.6 is 11.3 Å². The number of ether oxygens (including phenoxy) is 1. The predicted molar refractivity (Wildman–Crippen MR) is 83.6 cm³/mol. The van der Waals surface area contributed by atoms with Gasteiger partial charge in [0.15, 0.2) is 0 Å². The second kappa shape index (κ2) is 7.21. The highest BCUT2D eigenvalue weighted by atomic mass is 32.1. The lowest BCUT2D eigenvalue weighted by Gasteiger charge is -2.34. The third-order valence-corrected chi connectivity index (χ3v) is 4.69. The Balaban J connectivity index is 1.57. The zero-order valence-electron chi connectivity index (χ0n) is 12.4. The van der Waals surface area contributed by atoms with E-state index in [0.717, 1.165) is 25.9 Å². The van der Waals surface area contributed by atoms with Crippen LogP contribution in [0.2, 0.25) is 0 Å². The van der Waals surface area contributed by atoms with Gasteiger partial charge in [-0.05, 0) is 35.2 Å². The van der Waals surface area contributed by atoms with Gasteiger partial charge >= 0.3 is 11.8 Å². The number of carbonyl (C=O) groups excluding carboxylic acids is 2. The van der Waals surface area contributed by atoms with E-state index in [2.05, 4.69) is 27.0 Å². The predicted octanol–water partition coefficient (Wildman–Crippen LogP) is 0.516. The number of rotatable bonds is 5. The van der Waals surface area contributed by atoms with Gasteiger partial charge in [-0.1, -0.05) is 0 Å². The highest BCUT2D eigenvalue weighted by Crippen LogP contribution is 2.23. The Morgan fingerprint density at radius 3 is 2.73 bits per heavy atom. The number of hydrogen-bond donors (Lipinski definition) is 2. The summed E-state index contributed by atoms with van der Waals surface area (Å²) in [5.74, 6) is -1.06. The minimum Gasteiger partial charge on any atom is -0.379 e. The molecule has 3 rings (SSSR count). The fourth-order valence-electron chi connectivity index (χ4n) is 2.56. The van der Waals surface area contributed by atoms with E-state index in [1.54, 1.807) is 11.3 Å². The molecule has 7 heteroatoms. The summed E-state index contributed by atoms with van der Waals surface area (Å²) in [5.41, 5.74) is 1.18. The summed E-state index contributed by atoms with van der Waals surface area (Å²) >= 11 is 1.64. The van der Waals surface area contributed by atoms with Crippen molar-refractivity contribution < 1.29 is 14.3 Å². The van der Waals surface area contributed by atoms with Crippen molar-refractivity contribution in [2.45, 2.75) is 24.9 Å². The van der Waals surface area contributed by atoms with E-state index in [1.165, 1.54) is 5.56 Å². The van der Waals surface area contributed by atoms with Crippen LogP contribution < -0.4 is 10.6 Å². The molecular formula is C15H21N3O3S. The normalized spacial score (nSPS) is 20.4. The Bertz CT molecular complexity index is 510. The first-order chi connectivity index (χ1) is 10.7. The lowest BCUT2D eigenvalue weighted by atomic mass is 10.1. The van der Waals surface area contributed by atoms with Gasteiger partial charge in [0, 0.05) is 25.7 Å². The molecule has 1 saturated carbocycles. The second-order valence-electron chi connectivity index (χ2n) is 5.68. The molecule has 0 bridgehead atoms. The van der Waals surface area contributed by atoms with E-state index in [9.17, 15) is 9.59 Å². The SMILES string of the molecule is O=C(NC[C@H](c1ccsc1)N1CCOCC1)C(=O)NC1CC1. The van der Waals surface area contributed by atoms with Crippen LogP contribution in [0.25, 0.3) is 0 Å². The van der Waals surface area contributed by atoms with Gasteiger partial charge in [-0.15, -0.1) is 0 Å². The molecule has 0 unspecified atom stereocenters. The molecule has 2 N–H and O–H groups in total. The van der Waals surface area contributed by atoms with Gasteiger partial charge in [-0.25, -0.2) is 0 Å². The maximum atomic E-state index is 11.9. The van der Waals surface area contributed by atoms with Crippen molar-refractivity contribution in [2.75, 3.05) is 32.8 Å². The summed E-state index contributed by atoms with van der Waals surface area (Å²) in [6.07, 6.45) is 1.95. The quantitative estimate of drug-likeness (QED) is 0.775. The zero-order valence-corrected chi connectivity index (χ0v) is 13.2. The molecule has 1 aliphatic carbocycles. The number of thiophene rings is 1. The second-order valence-corrected chi connectivity index (χ2v) is 6.46. The van der Waals surface area contributed by atoms with Crippen LogP contribution in [0.1, 0.15) is 24.4 Å². The molecule has 2 heterocycles. The average Bonchev–Trinajstić information content (AvgIpc) is 3.19. The Hall–Kier alpha value is -1.44. The summed E-state index contributed by atoms with van der Waals surface area (Å²) in [6, 6.07) is 2.36. The van der Waals surface area contributed by atoms with Crippen LogP contribution in [0.5, 0.6) is 0 Å². The van der Waals surface area contributed by atoms with Gasteiger partial charge in [0.25, 0.3) is 0 Å². The molecule has 2 fully saturated rings. The molecule has 0 spiro atoms. The smallest absolute Gasteiger partial charge is 0.309 e. The maximum absolute atomic E-state index is 11.9. The molecule has 1 aromatic heterocycles. The van der Waals surface area contributed by atoms with Crippen molar-refractivity contribution >= 4 is 23.2 Å². The van der Waals surface area contributed by atoms with E-state index >= 15 is 0 Å². The molecule has 2 aliphatic rings. The fourth-order valence-corrected chi connectivity index (χ4v) is 3.27. The Morgan fingerprint density at radius 1 is 1.32 bits per heavy atom. The van der Waals surface area contributed by atoms with Crippen molar-refractivity contribution in [2.24, 2.45) is 0 Å². The van der Waals surface area contributed by atoms with Crippen molar-refractivity contribution in [3.63, 3.8) is 0 Å². The number of amides is 2. The summed E-state index contributed by atoms with van der Waals surface area (Å²) in [5, 5.41) is 9.61. The largest absolute Gasteiger partial charge is 0.379 e. The Morgan fingerprint density at radius 2 is 2.09 bits per heavy atom. The van der Waals surface area contributed by atoms with Gasteiger partial charge < -0.3 is 15.4 Å². The molecule has 1 atom stereocenters. The first-order valence-electron chi connectivity index (χ1n) is 7.66. The van der Waals surface area contributed by atoms with E-state index < -0.39 is 11.8 Å². The van der Waals surface area contributed by atoms with Gasteiger partial charge in [0.05, 0.1) is 19.3 Å². The summed E-state index contributed by atoms with van der Waals surface area (Å²) in [7, 11) is 0. The molecule has 2 amide bonds. The third kappa shape index (κ3) is 4.06. The van der Waals surface area contributed by atoms with Crippen LogP contribution in [0.3, 0.4) is 0 Å². The standard InChI is InChI=1S/C15H21N3O3S/c19-14(15(20)17-12-1-2-12)16-9-13(11-3-8-22-10-11)18-4-6-21-7-5-18/h3,8,10,12-13H,1-2,4-7,9H2,(H,16,19)(H,17,20)/t13-/m1/s1. The zero-order chi connectivity index (χ0) is 15.4. The lowest BCUT2D eigenvalue weighted by molar-refractivity contribution is -0.139. The average molecular weight is 323 g/mol. The third-order valence-electron chi connectivity index (χ3n) is 3.99. The van der Waals surface area contributed by atoms with Gasteiger partial charge in [0.1, 0.15) is 0 Å². The molecule has 1 aliphatic heterocycles. The summed E-state index contributed by atoms with van der Waals surface area (Å²) in [6.45, 7) is 3.52. The Labute approximate surface area is 133 Å². The molecule has 120 valence electrons. The molecular weight excluding hydrogens is 302 g/mol. The van der Waals surface area contributed by atoms with E-state index in [-0.39, 0.29) is 12.1 Å². The van der Waals surface area contributed by atoms with E-state index in [1.807, 2.05) is 5.38 Å². The van der Waals surface area contributed by atoms with Gasteiger partial charge in [-0.3, -0.25) is 14.5 Å². The monoisotopic (exact) mass is 323 g/mol. The molecule has 0 radical (unpaired) electrons. The molecule has 1 aromatic rings. The van der Waals surface area contributed by atoms with Crippen molar-refractivity contribution in [3.05, 3.63) is 22.4 Å². The van der Waals surface area contributed by atoms with Gasteiger partial charge in [-0.2, -0.15) is 11.3 Å². The molecule has 6 nitrogen and oxygen atoms in total. The lowest BCUT2D eigenvalue weighted by Crippen LogP contribution is -2.47. The minimum absolute atomic E-state index is 0.0906. The van der Waals surface area contributed by atoms with Crippen molar-refractivity contribution in [1.29, 1.82) is 0 Å². The molecule has 1 saturated heterocycles. The van der Waals surface area contributed by atoms with Crippen LogP contribution in [0.4, 0.5) is 0 Å².